The second-order valence-corrected chi connectivity index (χ2v) is 5.85. The summed E-state index contributed by atoms with van der Waals surface area (Å²) in [6, 6.07) is 1.50. The van der Waals surface area contributed by atoms with Crippen LogP contribution in [0, 0.1) is 11.3 Å². The molecule has 4 atom stereocenters. The van der Waals surface area contributed by atoms with Gasteiger partial charge in [-0.2, -0.15) is 5.26 Å². The van der Waals surface area contributed by atoms with Crippen LogP contribution in [0.25, 0.3) is 0 Å². The molecule has 1 aromatic heterocycles. The number of phosphoric acid groups is 1. The number of nitrogens with zero attached hydrogens (tertiary/aromatic N) is 2. The van der Waals surface area contributed by atoms with Gasteiger partial charge in [-0.05, 0) is 0 Å². The van der Waals surface area contributed by atoms with Gasteiger partial charge in [0.25, 0.3) is 5.56 Å². The highest BCUT2D eigenvalue weighted by molar-refractivity contribution is 7.46. The number of halogens is 1. The molecule has 0 saturated carbocycles. The third-order valence-electron chi connectivity index (χ3n) is 3.06. The molecule has 1 aliphatic rings. The average molecular weight is 385 g/mol. The first-order valence-corrected chi connectivity index (χ1v) is 7.60. The van der Waals surface area contributed by atoms with Crippen molar-refractivity contribution in [2.75, 3.05) is 6.61 Å². The third kappa shape index (κ3) is 5.01. The Bertz CT molecular complexity index is 800. The number of nitrogens with one attached hydrogen (secondary N) is 1. The molecule has 0 aliphatic carbocycles. The molecule has 13 nitrogen and oxygen atoms in total. The van der Waals surface area contributed by atoms with E-state index in [0.717, 1.165) is 6.20 Å². The van der Waals surface area contributed by atoms with Crippen LogP contribution < -0.4 is 23.6 Å². The Morgan fingerprint density at radius 2 is 2.04 bits per heavy atom. The lowest BCUT2D eigenvalue weighted by molar-refractivity contribution is -0.0483. The molecule has 0 bridgehead atoms. The first-order valence-electron chi connectivity index (χ1n) is 6.07. The topological polar surface area (TPSA) is 245 Å². The van der Waals surface area contributed by atoms with E-state index in [-0.39, 0.29) is 12.3 Å². The number of hydrogen-bond acceptors (Lipinski definition) is 9. The quantitative estimate of drug-likeness (QED) is 0.323. The number of aromatic amines is 1. The fraction of sp³-hybridized carbons (Fsp3) is 0.500. The van der Waals surface area contributed by atoms with Crippen molar-refractivity contribution in [1.29, 1.82) is 5.26 Å². The first kappa shape index (κ1) is 23.1. The summed E-state index contributed by atoms with van der Waals surface area (Å²) in [5, 5.41) is 18.4. The van der Waals surface area contributed by atoms with Gasteiger partial charge in [0.2, 0.25) is 0 Å². The monoisotopic (exact) mass is 385 g/mol. The Hall–Kier alpha value is -1.95. The summed E-state index contributed by atoms with van der Waals surface area (Å²) < 4.78 is 34.4. The zero-order valence-electron chi connectivity index (χ0n) is 12.6. The molecule has 0 radical (unpaired) electrons. The van der Waals surface area contributed by atoms with Gasteiger partial charge in [-0.3, -0.25) is 18.9 Å². The number of aliphatic hydroxyl groups excluding tert-OH is 1. The molecular formula is C10H17FN5O8P. The number of aromatic nitrogens is 2. The molecule has 2 heterocycles. The molecule has 1 fully saturated rings. The standard InChI is InChI=1S/C10H11FN3O8P.2H3N/c11-6-7(15)5(3-21-23(18,19)20)22-9(6)14-2-4(1-12)8(16)13-10(14)17;;/h2,5-7,9,15H,3H2,(H,13,16,17)(H2,18,19,20);2*1H3/t5-,6-,7-,9-;;/m1../s1. The fourth-order valence-corrected chi connectivity index (χ4v) is 2.33. The molecule has 1 aromatic rings. The van der Waals surface area contributed by atoms with Gasteiger partial charge in [0, 0.05) is 6.20 Å². The predicted octanol–water partition coefficient (Wildman–Crippen LogP) is -1.56. The van der Waals surface area contributed by atoms with Crippen LogP contribution in [-0.2, 0) is 13.8 Å². The van der Waals surface area contributed by atoms with E-state index >= 15 is 0 Å². The number of rotatable bonds is 4. The Kier molecular flexibility index (Phi) is 7.77. The summed E-state index contributed by atoms with van der Waals surface area (Å²) in [5.74, 6) is 0. The van der Waals surface area contributed by atoms with Crippen molar-refractivity contribution in [3.63, 3.8) is 0 Å². The van der Waals surface area contributed by atoms with Gasteiger partial charge in [-0.15, -0.1) is 0 Å². The molecule has 1 saturated heterocycles. The first-order chi connectivity index (χ1) is 10.6. The maximum absolute atomic E-state index is 14.1. The lowest BCUT2D eigenvalue weighted by atomic mass is 10.1. The van der Waals surface area contributed by atoms with Crippen molar-refractivity contribution >= 4 is 7.82 Å². The van der Waals surface area contributed by atoms with Crippen molar-refractivity contribution in [1.82, 2.24) is 21.9 Å². The zero-order chi connectivity index (χ0) is 17.4. The summed E-state index contributed by atoms with van der Waals surface area (Å²) in [5.41, 5.74) is -2.53. The van der Waals surface area contributed by atoms with Crippen molar-refractivity contribution in [2.24, 2.45) is 0 Å². The molecule has 25 heavy (non-hydrogen) atoms. The van der Waals surface area contributed by atoms with Crippen molar-refractivity contribution in [3.05, 3.63) is 32.6 Å². The van der Waals surface area contributed by atoms with Crippen molar-refractivity contribution < 1.29 is 33.1 Å². The number of aliphatic hydroxyl groups is 1. The Morgan fingerprint density at radius 3 is 2.56 bits per heavy atom. The van der Waals surface area contributed by atoms with Gasteiger partial charge in [0.1, 0.15) is 23.8 Å². The third-order valence-corrected chi connectivity index (χ3v) is 3.55. The molecular weight excluding hydrogens is 368 g/mol. The van der Waals surface area contributed by atoms with Crippen LogP contribution in [0.4, 0.5) is 4.39 Å². The SMILES string of the molecule is N.N.N#Cc1cn([C@@H]2O[C@H](COP(=O)(O)O)[C@@H](O)[C@H]2F)c(=O)[nH]c1=O. The lowest BCUT2D eigenvalue weighted by Crippen LogP contribution is -2.37. The van der Waals surface area contributed by atoms with E-state index in [1.54, 1.807) is 4.98 Å². The van der Waals surface area contributed by atoms with Crippen molar-refractivity contribution in [3.8, 4) is 6.07 Å². The Labute approximate surface area is 139 Å². The Balaban J connectivity index is 0.00000288. The number of alkyl halides is 1. The van der Waals surface area contributed by atoms with Gasteiger partial charge >= 0.3 is 13.5 Å². The molecule has 10 N–H and O–H groups in total. The normalized spacial score (nSPS) is 25.6. The second-order valence-electron chi connectivity index (χ2n) is 4.61. The molecule has 1 aliphatic heterocycles. The number of phosphoric ester groups is 1. The van der Waals surface area contributed by atoms with E-state index in [0.29, 0.717) is 4.57 Å². The lowest BCUT2D eigenvalue weighted by Gasteiger charge is -2.16. The largest absolute Gasteiger partial charge is 0.469 e. The average Bonchev–Trinajstić information content (AvgIpc) is 2.73. The van der Waals surface area contributed by atoms with E-state index in [2.05, 4.69) is 4.52 Å². The smallest absolute Gasteiger partial charge is 0.387 e. The van der Waals surface area contributed by atoms with E-state index < -0.39 is 55.8 Å². The van der Waals surface area contributed by atoms with Crippen LogP contribution in [0.1, 0.15) is 11.8 Å². The molecule has 142 valence electrons. The van der Waals surface area contributed by atoms with Crippen LogP contribution in [0.3, 0.4) is 0 Å². The van der Waals surface area contributed by atoms with Crippen LogP contribution in [0.5, 0.6) is 0 Å². The maximum atomic E-state index is 14.1. The van der Waals surface area contributed by atoms with E-state index in [1.807, 2.05) is 0 Å². The van der Waals surface area contributed by atoms with Crippen LogP contribution in [0.2, 0.25) is 0 Å². The summed E-state index contributed by atoms with van der Waals surface area (Å²) in [6.07, 6.45) is -6.40. The highest BCUT2D eigenvalue weighted by Gasteiger charge is 2.46. The number of hydrogen-bond donors (Lipinski definition) is 6. The number of ether oxygens (including phenoxy) is 1. The molecule has 0 spiro atoms. The van der Waals surface area contributed by atoms with Gasteiger partial charge in [0.15, 0.2) is 12.4 Å². The van der Waals surface area contributed by atoms with Gasteiger partial charge in [0.05, 0.1) is 6.61 Å². The summed E-state index contributed by atoms with van der Waals surface area (Å²) in [4.78, 5) is 41.9. The maximum Gasteiger partial charge on any atom is 0.469 e. The second kappa shape index (κ2) is 8.43. The highest BCUT2D eigenvalue weighted by Crippen LogP contribution is 2.38. The van der Waals surface area contributed by atoms with E-state index in [9.17, 15) is 23.7 Å². The predicted molar refractivity (Wildman–Crippen MR) is 78.9 cm³/mol. The molecule has 0 unspecified atom stereocenters. The summed E-state index contributed by atoms with van der Waals surface area (Å²) in [7, 11) is -4.86. The number of H-pyrrole nitrogens is 1. The highest BCUT2D eigenvalue weighted by atomic mass is 31.2. The summed E-state index contributed by atoms with van der Waals surface area (Å²) in [6.45, 7) is -0.828. The molecule has 2 rings (SSSR count). The minimum Gasteiger partial charge on any atom is -0.387 e. The van der Waals surface area contributed by atoms with Crippen molar-refractivity contribution in [2.45, 2.75) is 24.6 Å². The van der Waals surface area contributed by atoms with E-state index in [4.69, 9.17) is 19.8 Å². The van der Waals surface area contributed by atoms with Gasteiger partial charge in [-0.1, -0.05) is 0 Å². The van der Waals surface area contributed by atoms with Gasteiger partial charge < -0.3 is 31.9 Å². The molecule has 15 heteroatoms. The van der Waals surface area contributed by atoms with Crippen LogP contribution in [0.15, 0.2) is 15.8 Å². The van der Waals surface area contributed by atoms with Crippen LogP contribution >= 0.6 is 7.82 Å². The minimum atomic E-state index is -4.86. The minimum absolute atomic E-state index is 0. The number of nitriles is 1. The summed E-state index contributed by atoms with van der Waals surface area (Å²) >= 11 is 0. The van der Waals surface area contributed by atoms with Crippen LogP contribution in [-0.4, -0.2) is 49.4 Å². The molecule has 0 amide bonds. The molecule has 0 aromatic carbocycles. The van der Waals surface area contributed by atoms with E-state index in [1.165, 1.54) is 6.07 Å². The Morgan fingerprint density at radius 1 is 1.44 bits per heavy atom. The fourth-order valence-electron chi connectivity index (χ4n) is 1.99. The van der Waals surface area contributed by atoms with Gasteiger partial charge in [-0.25, -0.2) is 13.8 Å². The zero-order valence-corrected chi connectivity index (χ0v) is 13.5.